The van der Waals surface area contributed by atoms with Crippen LogP contribution in [0.15, 0.2) is 23.1 Å². The largest absolute Gasteiger partial charge is 0.490 e. The van der Waals surface area contributed by atoms with Crippen molar-refractivity contribution >= 4 is 29.0 Å². The summed E-state index contributed by atoms with van der Waals surface area (Å²) in [6.07, 6.45) is 6.45. The third kappa shape index (κ3) is 3.86. The van der Waals surface area contributed by atoms with Crippen molar-refractivity contribution in [1.82, 2.24) is 0 Å². The van der Waals surface area contributed by atoms with E-state index in [1.54, 1.807) is 11.8 Å². The van der Waals surface area contributed by atoms with Gasteiger partial charge in [-0.3, -0.25) is 0 Å². The van der Waals surface area contributed by atoms with Crippen molar-refractivity contribution in [2.24, 2.45) is 5.73 Å². The van der Waals surface area contributed by atoms with E-state index in [0.29, 0.717) is 11.1 Å². The molecule has 2 nitrogen and oxygen atoms in total. The van der Waals surface area contributed by atoms with E-state index in [2.05, 4.69) is 13.0 Å². The Morgan fingerprint density at radius 3 is 2.74 bits per heavy atom. The quantitative estimate of drug-likeness (QED) is 0.654. The lowest BCUT2D eigenvalue weighted by Gasteiger charge is -2.24. The Kier molecular flexibility index (Phi) is 5.52. The Labute approximate surface area is 125 Å². The van der Waals surface area contributed by atoms with Gasteiger partial charge in [0, 0.05) is 4.90 Å². The third-order valence-corrected chi connectivity index (χ3v) is 4.52. The van der Waals surface area contributed by atoms with Gasteiger partial charge in [-0.05, 0) is 43.6 Å². The molecule has 2 N–H and O–H groups in total. The minimum atomic E-state index is 0.323. The highest BCUT2D eigenvalue weighted by Crippen LogP contribution is 2.32. The Morgan fingerprint density at radius 1 is 1.37 bits per heavy atom. The average molecular weight is 295 g/mol. The monoisotopic (exact) mass is 295 g/mol. The van der Waals surface area contributed by atoms with Gasteiger partial charge in [0.25, 0.3) is 0 Å². The fraction of sp³-hybridized carbons (Fsp3) is 0.533. The predicted molar refractivity (Wildman–Crippen MR) is 86.2 cm³/mol. The molecule has 104 valence electrons. The predicted octanol–water partition coefficient (Wildman–Crippen LogP) is 4.14. The number of thioether (sulfide) groups is 1. The molecule has 0 spiro atoms. The van der Waals surface area contributed by atoms with Gasteiger partial charge in [0.15, 0.2) is 0 Å². The highest BCUT2D eigenvalue weighted by atomic mass is 32.2. The third-order valence-electron chi connectivity index (χ3n) is 3.38. The Balaban J connectivity index is 2.22. The van der Waals surface area contributed by atoms with Crippen LogP contribution in [0.25, 0.3) is 0 Å². The number of thiocarbonyl (C=S) groups is 1. The molecule has 1 saturated carbocycles. The van der Waals surface area contributed by atoms with Crippen LogP contribution in [-0.2, 0) is 0 Å². The molecule has 4 heteroatoms. The van der Waals surface area contributed by atoms with Gasteiger partial charge >= 0.3 is 0 Å². The van der Waals surface area contributed by atoms with E-state index in [-0.39, 0.29) is 0 Å². The second-order valence-corrected chi connectivity index (χ2v) is 6.55. The molecule has 0 heterocycles. The summed E-state index contributed by atoms with van der Waals surface area (Å²) >= 11 is 6.96. The maximum atomic E-state index is 6.15. The van der Waals surface area contributed by atoms with Crippen LogP contribution >= 0.6 is 24.0 Å². The van der Waals surface area contributed by atoms with E-state index in [1.807, 2.05) is 12.1 Å². The summed E-state index contributed by atoms with van der Waals surface area (Å²) in [7, 11) is 0. The van der Waals surface area contributed by atoms with Gasteiger partial charge in [0.1, 0.15) is 10.7 Å². The maximum absolute atomic E-state index is 6.15. The molecule has 0 aliphatic heterocycles. The molecule has 0 unspecified atom stereocenters. The second-order valence-electron chi connectivity index (χ2n) is 4.80. The normalized spacial score (nSPS) is 16.3. The topological polar surface area (TPSA) is 35.2 Å². The van der Waals surface area contributed by atoms with E-state index in [1.165, 1.54) is 19.3 Å². The summed E-state index contributed by atoms with van der Waals surface area (Å²) in [5.74, 6) is 1.86. The Hall–Kier alpha value is -0.740. The van der Waals surface area contributed by atoms with E-state index >= 15 is 0 Å². The zero-order valence-electron chi connectivity index (χ0n) is 11.4. The average Bonchev–Trinajstić information content (AvgIpc) is 2.40. The number of rotatable bonds is 5. The van der Waals surface area contributed by atoms with Crippen LogP contribution in [-0.4, -0.2) is 16.8 Å². The molecule has 0 aromatic heterocycles. The molecule has 0 saturated heterocycles. The van der Waals surface area contributed by atoms with Crippen LogP contribution in [0.1, 0.15) is 44.6 Å². The zero-order chi connectivity index (χ0) is 13.7. The molecule has 0 amide bonds. The lowest BCUT2D eigenvalue weighted by Crippen LogP contribution is -2.22. The van der Waals surface area contributed by atoms with Gasteiger partial charge in [-0.15, -0.1) is 11.8 Å². The minimum Gasteiger partial charge on any atom is -0.490 e. The highest BCUT2D eigenvalue weighted by molar-refractivity contribution is 7.99. The summed E-state index contributed by atoms with van der Waals surface area (Å²) in [4.78, 5) is 1.56. The van der Waals surface area contributed by atoms with Crippen LogP contribution < -0.4 is 10.5 Å². The first-order chi connectivity index (χ1) is 9.22. The van der Waals surface area contributed by atoms with Gasteiger partial charge < -0.3 is 10.5 Å². The molecular formula is C15H21NOS2. The number of hydrogen-bond acceptors (Lipinski definition) is 3. The van der Waals surface area contributed by atoms with Crippen molar-refractivity contribution in [3.8, 4) is 5.75 Å². The Morgan fingerprint density at radius 2 is 2.11 bits per heavy atom. The van der Waals surface area contributed by atoms with Gasteiger partial charge in [-0.25, -0.2) is 0 Å². The summed E-state index contributed by atoms with van der Waals surface area (Å²) in [5.41, 5.74) is 6.80. The zero-order valence-corrected chi connectivity index (χ0v) is 13.0. The van der Waals surface area contributed by atoms with Crippen molar-refractivity contribution in [1.29, 1.82) is 0 Å². The van der Waals surface area contributed by atoms with Crippen LogP contribution in [0, 0.1) is 0 Å². The summed E-state index contributed by atoms with van der Waals surface area (Å²) in [5, 5.41) is 0. The maximum Gasteiger partial charge on any atom is 0.131 e. The molecule has 1 aromatic rings. The SMILES string of the molecule is CCSc1cccc(OC2CCCCC2)c1C(N)=S. The van der Waals surface area contributed by atoms with Crippen molar-refractivity contribution in [3.63, 3.8) is 0 Å². The smallest absolute Gasteiger partial charge is 0.131 e. The highest BCUT2D eigenvalue weighted by Gasteiger charge is 2.18. The van der Waals surface area contributed by atoms with Crippen molar-refractivity contribution in [3.05, 3.63) is 23.8 Å². The van der Waals surface area contributed by atoms with E-state index in [9.17, 15) is 0 Å². The van der Waals surface area contributed by atoms with E-state index in [0.717, 1.165) is 34.8 Å². The standard InChI is InChI=1S/C15H21NOS2/c1-2-19-13-10-6-9-12(14(13)15(16)18)17-11-7-4-3-5-8-11/h6,9-11H,2-5,7-8H2,1H3,(H2,16,18). The molecule has 19 heavy (non-hydrogen) atoms. The summed E-state index contributed by atoms with van der Waals surface area (Å²) < 4.78 is 6.15. The van der Waals surface area contributed by atoms with Gasteiger partial charge in [-0.1, -0.05) is 31.6 Å². The summed E-state index contributed by atoms with van der Waals surface area (Å²) in [6, 6.07) is 6.08. The first-order valence-electron chi connectivity index (χ1n) is 6.94. The van der Waals surface area contributed by atoms with Crippen molar-refractivity contribution in [2.45, 2.75) is 50.0 Å². The number of benzene rings is 1. The van der Waals surface area contributed by atoms with Crippen LogP contribution in [0.3, 0.4) is 0 Å². The lowest BCUT2D eigenvalue weighted by atomic mass is 9.97. The van der Waals surface area contributed by atoms with Gasteiger partial charge in [0.05, 0.1) is 11.7 Å². The van der Waals surface area contributed by atoms with Crippen LogP contribution in [0.2, 0.25) is 0 Å². The molecular weight excluding hydrogens is 274 g/mol. The molecule has 1 aromatic carbocycles. The fourth-order valence-electron chi connectivity index (χ4n) is 2.49. The Bertz CT molecular complexity index is 442. The number of nitrogens with two attached hydrogens (primary N) is 1. The number of hydrogen-bond donors (Lipinski definition) is 1. The molecule has 0 bridgehead atoms. The minimum absolute atomic E-state index is 0.323. The number of ether oxygens (including phenoxy) is 1. The molecule has 1 fully saturated rings. The second kappa shape index (κ2) is 7.15. The molecule has 0 atom stereocenters. The fourth-order valence-corrected chi connectivity index (χ4v) is 3.61. The summed E-state index contributed by atoms with van der Waals surface area (Å²) in [6.45, 7) is 2.13. The molecule has 1 aliphatic rings. The van der Waals surface area contributed by atoms with Crippen LogP contribution in [0.5, 0.6) is 5.75 Å². The molecule has 0 radical (unpaired) electrons. The molecule has 1 aliphatic carbocycles. The van der Waals surface area contributed by atoms with Crippen molar-refractivity contribution < 1.29 is 4.74 Å². The van der Waals surface area contributed by atoms with Gasteiger partial charge in [0.2, 0.25) is 0 Å². The lowest BCUT2D eigenvalue weighted by molar-refractivity contribution is 0.154. The van der Waals surface area contributed by atoms with Crippen molar-refractivity contribution in [2.75, 3.05) is 5.75 Å². The molecule has 2 rings (SSSR count). The first kappa shape index (κ1) is 14.7. The van der Waals surface area contributed by atoms with E-state index in [4.69, 9.17) is 22.7 Å². The van der Waals surface area contributed by atoms with E-state index < -0.39 is 0 Å². The van der Waals surface area contributed by atoms with Gasteiger partial charge in [-0.2, -0.15) is 0 Å². The first-order valence-corrected chi connectivity index (χ1v) is 8.34. The van der Waals surface area contributed by atoms with Crippen LogP contribution in [0.4, 0.5) is 0 Å².